The van der Waals surface area contributed by atoms with E-state index >= 15 is 0 Å². The molecule has 1 aromatic rings. The number of aliphatic hydroxyl groups is 1. The summed E-state index contributed by atoms with van der Waals surface area (Å²) in [6.07, 6.45) is -0.468. The Balaban J connectivity index is 2.03. The Morgan fingerprint density at radius 1 is 1.53 bits per heavy atom. The van der Waals surface area contributed by atoms with Crippen LogP contribution < -0.4 is 0 Å². The fourth-order valence-corrected chi connectivity index (χ4v) is 2.22. The highest BCUT2D eigenvalue weighted by molar-refractivity contribution is 14.1. The first-order valence-electron chi connectivity index (χ1n) is 4.90. The van der Waals surface area contributed by atoms with Gasteiger partial charge in [-0.3, -0.25) is 9.80 Å². The summed E-state index contributed by atoms with van der Waals surface area (Å²) < 4.78 is 0.993. The maximum atomic E-state index is 9.81. The number of rotatable bonds is 2. The lowest BCUT2D eigenvalue weighted by molar-refractivity contribution is -0.0502. The largest absolute Gasteiger partial charge is 0.365 e. The molecule has 0 bridgehead atoms. The Bertz CT molecular complexity index is 347. The molecule has 1 unspecified atom stereocenters. The van der Waals surface area contributed by atoms with E-state index in [1.54, 1.807) is 0 Å². The van der Waals surface area contributed by atoms with Gasteiger partial charge in [-0.2, -0.15) is 0 Å². The summed E-state index contributed by atoms with van der Waals surface area (Å²) in [4.78, 5) is 8.35. The third kappa shape index (κ3) is 2.66. The number of halogens is 1. The van der Waals surface area contributed by atoms with Crippen LogP contribution in [0.2, 0.25) is 0 Å². The number of hydrogen-bond donors (Lipinski definition) is 1. The van der Waals surface area contributed by atoms with E-state index in [1.807, 2.05) is 35.0 Å². The van der Waals surface area contributed by atoms with Crippen molar-refractivity contribution in [1.29, 1.82) is 0 Å². The van der Waals surface area contributed by atoms with Gasteiger partial charge in [-0.25, -0.2) is 4.98 Å². The predicted molar refractivity (Wildman–Crippen MR) is 66.0 cm³/mol. The van der Waals surface area contributed by atoms with Gasteiger partial charge in [0.2, 0.25) is 0 Å². The Morgan fingerprint density at radius 2 is 2.33 bits per heavy atom. The van der Waals surface area contributed by atoms with Crippen molar-refractivity contribution in [3.8, 4) is 0 Å². The van der Waals surface area contributed by atoms with E-state index in [4.69, 9.17) is 0 Å². The standard InChI is InChI=1S/C10H14IN3O/c1-13-5-6-14(10(13)15)7-8-3-2-4-9(11)12-8/h2-4,10,15H,5-7H2,1H3. The van der Waals surface area contributed by atoms with Gasteiger partial charge in [0.1, 0.15) is 3.70 Å². The summed E-state index contributed by atoms with van der Waals surface area (Å²) in [6.45, 7) is 2.51. The number of aliphatic hydroxyl groups excluding tert-OH is 1. The smallest absolute Gasteiger partial charge is 0.165 e. The van der Waals surface area contributed by atoms with E-state index in [0.29, 0.717) is 6.54 Å². The van der Waals surface area contributed by atoms with Gasteiger partial charge in [0, 0.05) is 19.6 Å². The highest BCUT2D eigenvalue weighted by atomic mass is 127. The summed E-state index contributed by atoms with van der Waals surface area (Å²) in [7, 11) is 1.92. The molecule has 1 aliphatic rings. The Kier molecular flexibility index (Phi) is 3.55. The van der Waals surface area contributed by atoms with Crippen molar-refractivity contribution < 1.29 is 5.11 Å². The zero-order valence-corrected chi connectivity index (χ0v) is 10.8. The van der Waals surface area contributed by atoms with Crippen molar-refractivity contribution in [2.24, 2.45) is 0 Å². The van der Waals surface area contributed by atoms with Gasteiger partial charge in [-0.15, -0.1) is 0 Å². The minimum atomic E-state index is -0.468. The van der Waals surface area contributed by atoms with Crippen molar-refractivity contribution >= 4 is 22.6 Å². The average Bonchev–Trinajstić information content (AvgIpc) is 2.50. The van der Waals surface area contributed by atoms with Gasteiger partial charge in [-0.1, -0.05) is 6.07 Å². The molecule has 1 aromatic heterocycles. The summed E-state index contributed by atoms with van der Waals surface area (Å²) in [6, 6.07) is 5.96. The van der Waals surface area contributed by atoms with E-state index in [2.05, 4.69) is 27.6 Å². The second-order valence-electron chi connectivity index (χ2n) is 3.75. The lowest BCUT2D eigenvalue weighted by atomic mass is 10.3. The second kappa shape index (κ2) is 4.73. The van der Waals surface area contributed by atoms with Gasteiger partial charge >= 0.3 is 0 Å². The molecular formula is C10H14IN3O. The third-order valence-corrected chi connectivity index (χ3v) is 3.20. The third-order valence-electron chi connectivity index (χ3n) is 2.60. The Morgan fingerprint density at radius 3 is 2.93 bits per heavy atom. The molecule has 0 aromatic carbocycles. The van der Waals surface area contributed by atoms with Gasteiger partial charge < -0.3 is 5.11 Å². The van der Waals surface area contributed by atoms with Crippen LogP contribution in [0.25, 0.3) is 0 Å². The molecular weight excluding hydrogens is 305 g/mol. The van der Waals surface area contributed by atoms with Crippen molar-refractivity contribution in [3.05, 3.63) is 27.6 Å². The number of likely N-dealkylation sites (N-methyl/N-ethyl adjacent to an activating group) is 1. The number of pyridine rings is 1. The zero-order chi connectivity index (χ0) is 10.8. The van der Waals surface area contributed by atoms with E-state index in [0.717, 1.165) is 22.5 Å². The first-order chi connectivity index (χ1) is 7.16. The molecule has 15 heavy (non-hydrogen) atoms. The predicted octanol–water partition coefficient (Wildman–Crippen LogP) is 0.710. The van der Waals surface area contributed by atoms with Gasteiger partial charge in [0.05, 0.1) is 5.69 Å². The minimum absolute atomic E-state index is 0.468. The van der Waals surface area contributed by atoms with Crippen molar-refractivity contribution in [1.82, 2.24) is 14.8 Å². The van der Waals surface area contributed by atoms with Crippen LogP contribution in [0.5, 0.6) is 0 Å². The maximum Gasteiger partial charge on any atom is 0.165 e. The molecule has 5 heteroatoms. The SMILES string of the molecule is CN1CCN(Cc2cccc(I)n2)C1O. The molecule has 82 valence electrons. The van der Waals surface area contributed by atoms with Crippen LogP contribution in [0.15, 0.2) is 18.2 Å². The van der Waals surface area contributed by atoms with Crippen LogP contribution in [0.3, 0.4) is 0 Å². The van der Waals surface area contributed by atoms with Crippen molar-refractivity contribution in [3.63, 3.8) is 0 Å². The molecule has 1 atom stereocenters. The molecule has 1 aliphatic heterocycles. The first-order valence-corrected chi connectivity index (χ1v) is 5.98. The van der Waals surface area contributed by atoms with Crippen molar-refractivity contribution in [2.75, 3.05) is 20.1 Å². The van der Waals surface area contributed by atoms with Crippen LogP contribution >= 0.6 is 22.6 Å². The maximum absolute atomic E-state index is 9.81. The van der Waals surface area contributed by atoms with E-state index in [9.17, 15) is 5.11 Å². The van der Waals surface area contributed by atoms with E-state index in [1.165, 1.54) is 0 Å². The van der Waals surface area contributed by atoms with Crippen LogP contribution in [0.1, 0.15) is 5.69 Å². The Labute approximate surface area is 103 Å². The summed E-state index contributed by atoms with van der Waals surface area (Å²) in [5.74, 6) is 0. The number of hydrogen-bond acceptors (Lipinski definition) is 4. The summed E-state index contributed by atoms with van der Waals surface area (Å²) in [5, 5.41) is 9.81. The quantitative estimate of drug-likeness (QED) is 0.644. The lowest BCUT2D eigenvalue weighted by Gasteiger charge is -2.22. The fourth-order valence-electron chi connectivity index (χ4n) is 1.70. The van der Waals surface area contributed by atoms with E-state index in [-0.39, 0.29) is 0 Å². The van der Waals surface area contributed by atoms with Crippen LogP contribution in [-0.2, 0) is 6.54 Å². The molecule has 0 saturated carbocycles. The molecule has 2 heterocycles. The molecule has 0 amide bonds. The number of nitrogens with zero attached hydrogens (tertiary/aromatic N) is 3. The monoisotopic (exact) mass is 319 g/mol. The molecule has 1 saturated heterocycles. The highest BCUT2D eigenvalue weighted by Crippen LogP contribution is 2.13. The zero-order valence-electron chi connectivity index (χ0n) is 8.60. The molecule has 0 radical (unpaired) electrons. The fraction of sp³-hybridized carbons (Fsp3) is 0.500. The Hall–Kier alpha value is -0.240. The normalized spacial score (nSPS) is 23.5. The van der Waals surface area contributed by atoms with Gasteiger partial charge in [-0.05, 0) is 41.8 Å². The van der Waals surface area contributed by atoms with Crippen LogP contribution in [-0.4, -0.2) is 46.4 Å². The van der Waals surface area contributed by atoms with E-state index < -0.39 is 6.35 Å². The first kappa shape index (κ1) is 11.3. The molecule has 1 fully saturated rings. The molecule has 0 spiro atoms. The second-order valence-corrected chi connectivity index (χ2v) is 4.85. The topological polar surface area (TPSA) is 39.6 Å². The molecule has 0 aliphatic carbocycles. The van der Waals surface area contributed by atoms with Crippen molar-refractivity contribution in [2.45, 2.75) is 12.9 Å². The summed E-state index contributed by atoms with van der Waals surface area (Å²) >= 11 is 2.20. The lowest BCUT2D eigenvalue weighted by Crippen LogP contribution is -2.36. The molecule has 1 N–H and O–H groups in total. The summed E-state index contributed by atoms with van der Waals surface area (Å²) in [5.41, 5.74) is 1.01. The van der Waals surface area contributed by atoms with Gasteiger partial charge in [0.25, 0.3) is 0 Å². The minimum Gasteiger partial charge on any atom is -0.365 e. The van der Waals surface area contributed by atoms with Crippen LogP contribution in [0, 0.1) is 3.70 Å². The average molecular weight is 319 g/mol. The highest BCUT2D eigenvalue weighted by Gasteiger charge is 2.27. The molecule has 4 nitrogen and oxygen atoms in total. The molecule has 2 rings (SSSR count). The van der Waals surface area contributed by atoms with Crippen LogP contribution in [0.4, 0.5) is 0 Å². The van der Waals surface area contributed by atoms with Gasteiger partial charge in [0.15, 0.2) is 6.35 Å². The number of aromatic nitrogens is 1.